The lowest BCUT2D eigenvalue weighted by Crippen LogP contribution is -2.43. The first-order chi connectivity index (χ1) is 50.2. The summed E-state index contributed by atoms with van der Waals surface area (Å²) in [6, 6.07) is 0.722. The summed E-state index contributed by atoms with van der Waals surface area (Å²) in [5.74, 6) is -5.76. The summed E-state index contributed by atoms with van der Waals surface area (Å²) in [6.45, 7) is 50.6. The highest BCUT2D eigenvalue weighted by molar-refractivity contribution is 5.82. The summed E-state index contributed by atoms with van der Waals surface area (Å²) in [5, 5.41) is 28.2. The Morgan fingerprint density at radius 1 is 0.373 bits per heavy atom. The number of carbonyl (C=O) groups excluding carboxylic acids is 7. The lowest BCUT2D eigenvalue weighted by Gasteiger charge is -2.30. The Labute approximate surface area is 647 Å². The van der Waals surface area contributed by atoms with E-state index >= 15 is 0 Å². The molecule has 0 radical (unpaired) electrons. The van der Waals surface area contributed by atoms with Crippen molar-refractivity contribution < 1.29 is 131 Å². The van der Waals surface area contributed by atoms with Crippen LogP contribution in [-0.2, 0) is 61.8 Å². The number of nitrogens with zero attached hydrogens (tertiary/aromatic N) is 9. The van der Waals surface area contributed by atoms with E-state index in [1.54, 1.807) is 56.7 Å². The van der Waals surface area contributed by atoms with Gasteiger partial charge in [-0.1, -0.05) is 32.8 Å². The minimum atomic E-state index is -4.90. The third-order valence-corrected chi connectivity index (χ3v) is 12.5. The van der Waals surface area contributed by atoms with Crippen molar-refractivity contribution in [1.82, 2.24) is 45.3 Å². The molecule has 110 heavy (non-hydrogen) atoms. The Balaban J connectivity index is -0.000000300. The van der Waals surface area contributed by atoms with Gasteiger partial charge in [0.1, 0.15) is 22.4 Å². The number of hydrogen-bond donors (Lipinski definition) is 5. The highest BCUT2D eigenvalue weighted by Crippen LogP contribution is 2.20. The number of likely N-dealkylation sites (N-methyl/N-ethyl adjacent to an activating group) is 2. The zero-order valence-electron chi connectivity index (χ0n) is 70.2. The predicted octanol–water partition coefficient (Wildman–Crippen LogP) is 10.6. The van der Waals surface area contributed by atoms with Gasteiger partial charge in [-0.25, -0.2) is 19.2 Å². The highest BCUT2D eigenvalue weighted by atomic mass is 19.4. The Kier molecular flexibility index (Phi) is 63.9. The van der Waals surface area contributed by atoms with Crippen LogP contribution in [-0.4, -0.2) is 331 Å². The number of nitrogens with one attached hydrogen (secondary N) is 3. The third kappa shape index (κ3) is 73.3. The summed E-state index contributed by atoms with van der Waals surface area (Å²) in [6.07, 6.45) is -16.2. The number of halogens is 9. The number of ether oxygens (including phenoxy) is 10. The number of alkyl halides is 9. The molecule has 0 aliphatic carbocycles. The minimum absolute atomic E-state index is 0.00584. The van der Waals surface area contributed by atoms with E-state index in [1.165, 1.54) is 9.80 Å². The normalized spacial score (nSPS) is 11.8. The van der Waals surface area contributed by atoms with Crippen LogP contribution in [0.4, 0.5) is 58.7 Å². The zero-order chi connectivity index (χ0) is 87.0. The van der Waals surface area contributed by atoms with E-state index in [2.05, 4.69) is 34.5 Å². The maximum Gasteiger partial charge on any atom is 0.471 e. The van der Waals surface area contributed by atoms with Gasteiger partial charge in [0.25, 0.3) is 0 Å². The van der Waals surface area contributed by atoms with Crippen molar-refractivity contribution in [1.29, 1.82) is 0 Å². The largest absolute Gasteiger partial charge is 0.471 e. The molecule has 0 aromatic carbocycles. The van der Waals surface area contributed by atoms with Crippen LogP contribution in [0.2, 0.25) is 0 Å². The predicted molar refractivity (Wildman–Crippen MR) is 398 cm³/mol. The highest BCUT2D eigenvalue weighted by Gasteiger charge is 2.42. The number of aliphatic hydroxyl groups is 2. The fraction of sp³-hybridized carbons (Fsp3) is 0.900. The molecule has 0 saturated heterocycles. The molecule has 0 saturated carbocycles. The monoisotopic (exact) mass is 1620 g/mol. The van der Waals surface area contributed by atoms with Gasteiger partial charge in [-0.05, 0) is 144 Å². The Bertz CT molecular complexity index is 2480. The number of carbonyl (C=O) groups is 7. The molecule has 0 bridgehead atoms. The van der Waals surface area contributed by atoms with Crippen molar-refractivity contribution in [3.8, 4) is 0 Å². The fourth-order valence-electron chi connectivity index (χ4n) is 7.28. The lowest BCUT2D eigenvalue weighted by molar-refractivity contribution is -0.184. The Morgan fingerprint density at radius 2 is 0.609 bits per heavy atom. The van der Waals surface area contributed by atoms with E-state index in [1.807, 2.05) is 111 Å². The van der Waals surface area contributed by atoms with E-state index in [0.717, 1.165) is 20.6 Å². The average molecular weight is 1620 g/mol. The van der Waals surface area contributed by atoms with Gasteiger partial charge in [-0.15, -0.1) is 0 Å². The summed E-state index contributed by atoms with van der Waals surface area (Å²) in [5.41, 5.74) is 5.86. The van der Waals surface area contributed by atoms with Crippen molar-refractivity contribution >= 4 is 42.1 Å². The average Bonchev–Trinajstić information content (AvgIpc) is 0.910. The smallest absolute Gasteiger partial charge is 0.444 e. The first kappa shape index (κ1) is 115. The van der Waals surface area contributed by atoms with Crippen LogP contribution in [0.5, 0.6) is 0 Å². The molecule has 654 valence electrons. The van der Waals surface area contributed by atoms with Crippen molar-refractivity contribution in [2.24, 2.45) is 5.11 Å². The van der Waals surface area contributed by atoms with Crippen LogP contribution < -0.4 is 16.0 Å². The molecule has 0 rings (SSSR count). The first-order valence-electron chi connectivity index (χ1n) is 36.3. The summed E-state index contributed by atoms with van der Waals surface area (Å²) in [7, 11) is 2.16. The number of azide groups is 1. The Morgan fingerprint density at radius 3 is 0.836 bits per heavy atom. The molecule has 0 aromatic heterocycles. The first-order valence-corrected chi connectivity index (χ1v) is 36.3. The van der Waals surface area contributed by atoms with Crippen molar-refractivity contribution in [3.63, 3.8) is 0 Å². The molecule has 0 atom stereocenters. The molecule has 0 aliphatic rings. The quantitative estimate of drug-likeness (QED) is 0.00950. The minimum Gasteiger partial charge on any atom is -0.444 e. The van der Waals surface area contributed by atoms with Crippen molar-refractivity contribution in [2.45, 2.75) is 243 Å². The van der Waals surface area contributed by atoms with E-state index in [4.69, 9.17) is 63.1 Å². The van der Waals surface area contributed by atoms with Gasteiger partial charge in [0.15, 0.2) is 0 Å². The Hall–Kier alpha value is -6.23. The van der Waals surface area contributed by atoms with Gasteiger partial charge < -0.3 is 103 Å². The summed E-state index contributed by atoms with van der Waals surface area (Å²) >= 11 is 0. The zero-order valence-corrected chi connectivity index (χ0v) is 70.2. The van der Waals surface area contributed by atoms with Gasteiger partial charge in [0, 0.05) is 121 Å². The topological polar surface area (TPSA) is 357 Å². The van der Waals surface area contributed by atoms with Crippen LogP contribution in [0.15, 0.2) is 5.11 Å². The molecule has 5 N–H and O–H groups in total. The van der Waals surface area contributed by atoms with Crippen LogP contribution >= 0.6 is 0 Å². The van der Waals surface area contributed by atoms with E-state index in [-0.39, 0.29) is 115 Å². The van der Waals surface area contributed by atoms with Gasteiger partial charge in [0.05, 0.1) is 92.5 Å². The van der Waals surface area contributed by atoms with Gasteiger partial charge in [0.2, 0.25) is 0 Å². The molecule has 0 heterocycles. The van der Waals surface area contributed by atoms with Crippen LogP contribution in [0.3, 0.4) is 0 Å². The molecule has 0 aliphatic heterocycles. The second kappa shape index (κ2) is 61.3. The lowest BCUT2D eigenvalue weighted by atomic mass is 10.2. The SMILES string of the molecule is CC(C)N(CCOCCN(C)C(=O)C(F)(F)F)C(=O)OC(C)(C)C.CC(C)N(CCOCCN=[N+]=[N-])C(=O)OC(C)(C)C.CC(C)N(CCOCCNC(=O)C(F)(F)F)C(=O)OC(C)(C)C.CC(C)N(CCOCCO)C(=O)OC(C)(C)C.CC(C)NCCOCCN(C)C(=O)C(F)(F)F.CC(C)NCCOCCO. The second-order valence-electron chi connectivity index (χ2n) is 29.6. The molecule has 40 heteroatoms. The van der Waals surface area contributed by atoms with Gasteiger partial charge in [-0.3, -0.25) is 14.4 Å². The van der Waals surface area contributed by atoms with Crippen LogP contribution in [0.25, 0.3) is 10.4 Å². The van der Waals surface area contributed by atoms with E-state index in [9.17, 15) is 73.1 Å². The fourth-order valence-corrected chi connectivity index (χ4v) is 7.28. The van der Waals surface area contributed by atoms with Gasteiger partial charge in [-0.2, -0.15) is 39.5 Å². The number of hydrogen-bond acceptors (Lipinski definition) is 22. The number of amides is 7. The van der Waals surface area contributed by atoms with E-state index < -0.39 is 70.8 Å². The van der Waals surface area contributed by atoms with Crippen LogP contribution in [0, 0.1) is 0 Å². The van der Waals surface area contributed by atoms with Crippen LogP contribution in [0.1, 0.15) is 166 Å². The molecular weight excluding hydrogens is 1480 g/mol. The molecular formula is C70H137F9N12O19. The maximum absolute atomic E-state index is 12.2. The van der Waals surface area contributed by atoms with Crippen molar-refractivity contribution in [3.05, 3.63) is 10.4 Å². The van der Waals surface area contributed by atoms with Crippen molar-refractivity contribution in [2.75, 3.05) is 172 Å². The molecule has 0 aromatic rings. The summed E-state index contributed by atoms with van der Waals surface area (Å²) < 4.78 is 160. The second-order valence-corrected chi connectivity index (χ2v) is 29.6. The molecule has 0 unspecified atom stereocenters. The molecule has 31 nitrogen and oxygen atoms in total. The van der Waals surface area contributed by atoms with E-state index in [0.29, 0.717) is 94.3 Å². The molecule has 7 amide bonds. The van der Waals surface area contributed by atoms with Gasteiger partial charge >= 0.3 is 60.6 Å². The number of rotatable bonds is 40. The molecule has 0 spiro atoms. The molecule has 0 fully saturated rings. The third-order valence-electron chi connectivity index (χ3n) is 12.5. The standard InChI is InChI=1S/C15H27F3N2O4.C14H25F3N2O4.C12H24N4O3.C12H25NO4.C10H19F3N2O2.C7H17NO2/c1-11(2)20(13(22)24-14(3,4)5)8-10-23-9-7-19(6)12(21)15(16,17)18;1-10(2)19(12(21)23-13(3,4)5)7-9-22-8-6-18-11(20)14(15,16)17;1-10(2)16(11(17)19-12(3,4)5)7-9-18-8-6-14-15-13;1-10(2)13(6-8-16-9-7-14)11(15)17-12(3,4)5;1-8(2)14-4-6-17-7-5-15(3)9(16)10(11,12)13;1-7(2)8-3-5-10-6-4-9/h11H,7-10H2,1-6H3;10H,6-9H2,1-5H3,(H,18,20);10H,6-9H2,1-5H3;10,14H,6-9H2,1-5H3;8,14H,4-7H2,1-3H3;7-9H,3-6H2,1-2H3. The summed E-state index contributed by atoms with van der Waals surface area (Å²) in [4.78, 5) is 90.0. The maximum atomic E-state index is 12.2. The number of aliphatic hydroxyl groups excluding tert-OH is 2.